The Kier molecular flexibility index (Phi) is 7.47. The first kappa shape index (κ1) is 23.5. The standard InChI is InChI=1S/C31H28O5/c32-31(30(24-13-6-2-7-14-24)25-15-8-3-9-16-25)33-18-10-17-26-19-28-29(36-22-35-28)20-27(26)34-21-23-11-4-1-5-12-23/h1-9,11-16,19-20,30H,10,17-18,21-22H2. The predicted octanol–water partition coefficient (Wildman–Crippen LogP) is 6.30. The van der Waals surface area contributed by atoms with Gasteiger partial charge >= 0.3 is 5.97 Å². The third kappa shape index (κ3) is 5.69. The lowest BCUT2D eigenvalue weighted by molar-refractivity contribution is -0.144. The Morgan fingerprint density at radius 3 is 2.00 bits per heavy atom. The summed E-state index contributed by atoms with van der Waals surface area (Å²) in [6, 6.07) is 33.4. The number of ether oxygens (including phenoxy) is 4. The number of hydrogen-bond donors (Lipinski definition) is 0. The molecule has 1 heterocycles. The third-order valence-electron chi connectivity index (χ3n) is 6.13. The van der Waals surface area contributed by atoms with Crippen molar-refractivity contribution in [2.24, 2.45) is 0 Å². The molecular weight excluding hydrogens is 452 g/mol. The minimum atomic E-state index is -0.456. The zero-order chi connectivity index (χ0) is 24.6. The highest BCUT2D eigenvalue weighted by Gasteiger charge is 2.24. The van der Waals surface area contributed by atoms with Crippen LogP contribution in [0.25, 0.3) is 0 Å². The Balaban J connectivity index is 1.23. The molecule has 4 aromatic rings. The molecule has 36 heavy (non-hydrogen) atoms. The molecule has 0 N–H and O–H groups in total. The van der Waals surface area contributed by atoms with E-state index in [4.69, 9.17) is 18.9 Å². The lowest BCUT2D eigenvalue weighted by Gasteiger charge is -2.17. The molecule has 5 nitrogen and oxygen atoms in total. The molecule has 0 amide bonds. The maximum atomic E-state index is 13.2. The van der Waals surface area contributed by atoms with Crippen LogP contribution in [0.15, 0.2) is 103 Å². The molecule has 0 saturated carbocycles. The van der Waals surface area contributed by atoms with Gasteiger partial charge in [-0.25, -0.2) is 0 Å². The first-order valence-corrected chi connectivity index (χ1v) is 12.1. The van der Waals surface area contributed by atoms with E-state index in [1.54, 1.807) is 0 Å². The number of rotatable bonds is 10. The smallest absolute Gasteiger partial charge is 0.317 e. The molecular formula is C31H28O5. The van der Waals surface area contributed by atoms with Crippen LogP contribution >= 0.6 is 0 Å². The van der Waals surface area contributed by atoms with Gasteiger partial charge in [0.1, 0.15) is 18.3 Å². The largest absolute Gasteiger partial charge is 0.488 e. The van der Waals surface area contributed by atoms with Gasteiger partial charge in [0.05, 0.1) is 6.61 Å². The number of esters is 1. The van der Waals surface area contributed by atoms with Gasteiger partial charge in [0.25, 0.3) is 0 Å². The second kappa shape index (κ2) is 11.5. The summed E-state index contributed by atoms with van der Waals surface area (Å²) in [6.07, 6.45) is 1.33. The molecule has 0 unspecified atom stereocenters. The molecule has 0 atom stereocenters. The van der Waals surface area contributed by atoms with Gasteiger partial charge in [-0.1, -0.05) is 91.0 Å². The van der Waals surface area contributed by atoms with Crippen molar-refractivity contribution in [3.8, 4) is 17.2 Å². The maximum Gasteiger partial charge on any atom is 0.317 e. The van der Waals surface area contributed by atoms with Crippen molar-refractivity contribution in [1.29, 1.82) is 0 Å². The van der Waals surface area contributed by atoms with Gasteiger partial charge in [0.2, 0.25) is 6.79 Å². The van der Waals surface area contributed by atoms with E-state index < -0.39 is 5.92 Å². The zero-order valence-corrected chi connectivity index (χ0v) is 20.0. The zero-order valence-electron chi connectivity index (χ0n) is 20.0. The fraction of sp³-hybridized carbons (Fsp3) is 0.194. The molecule has 182 valence electrons. The van der Waals surface area contributed by atoms with Crippen LogP contribution in [-0.4, -0.2) is 19.4 Å². The number of fused-ring (bicyclic) bond motifs is 1. The van der Waals surface area contributed by atoms with Crippen molar-refractivity contribution < 1.29 is 23.7 Å². The minimum Gasteiger partial charge on any atom is -0.488 e. The van der Waals surface area contributed by atoms with Crippen LogP contribution in [0.1, 0.15) is 34.6 Å². The van der Waals surface area contributed by atoms with Crippen molar-refractivity contribution in [3.05, 3.63) is 125 Å². The molecule has 5 heteroatoms. The van der Waals surface area contributed by atoms with Crippen molar-refractivity contribution in [3.63, 3.8) is 0 Å². The SMILES string of the molecule is O=C(OCCCc1cc2c(cc1OCc1ccccc1)OCO2)C(c1ccccc1)c1ccccc1. The van der Waals surface area contributed by atoms with Gasteiger partial charge in [0, 0.05) is 6.07 Å². The lowest BCUT2D eigenvalue weighted by atomic mass is 9.91. The Hall–Kier alpha value is -4.25. The van der Waals surface area contributed by atoms with Crippen LogP contribution < -0.4 is 14.2 Å². The monoisotopic (exact) mass is 480 g/mol. The van der Waals surface area contributed by atoms with Crippen LogP contribution in [0.3, 0.4) is 0 Å². The molecule has 0 aliphatic carbocycles. The summed E-state index contributed by atoms with van der Waals surface area (Å²) in [5.74, 6) is 1.44. The third-order valence-corrected chi connectivity index (χ3v) is 6.13. The molecule has 4 aromatic carbocycles. The van der Waals surface area contributed by atoms with Crippen molar-refractivity contribution in [2.45, 2.75) is 25.4 Å². The van der Waals surface area contributed by atoms with Crippen LogP contribution in [0.2, 0.25) is 0 Å². The normalized spacial score (nSPS) is 11.9. The Morgan fingerprint density at radius 1 is 0.778 bits per heavy atom. The van der Waals surface area contributed by atoms with Gasteiger partial charge in [-0.05, 0) is 41.2 Å². The summed E-state index contributed by atoms with van der Waals surface area (Å²) < 4.78 is 23.0. The van der Waals surface area contributed by atoms with Crippen molar-refractivity contribution in [1.82, 2.24) is 0 Å². The highest BCUT2D eigenvalue weighted by atomic mass is 16.7. The van der Waals surface area contributed by atoms with Crippen LogP contribution in [0.5, 0.6) is 17.2 Å². The number of aryl methyl sites for hydroxylation is 1. The Morgan fingerprint density at radius 2 is 1.36 bits per heavy atom. The fourth-order valence-corrected chi connectivity index (χ4v) is 4.30. The van der Waals surface area contributed by atoms with Gasteiger partial charge in [-0.3, -0.25) is 4.79 Å². The molecule has 0 radical (unpaired) electrons. The Labute approximate surface area is 211 Å². The van der Waals surface area contributed by atoms with Crippen LogP contribution in [0, 0.1) is 0 Å². The summed E-state index contributed by atoms with van der Waals surface area (Å²) in [7, 11) is 0. The van der Waals surface area contributed by atoms with Gasteiger partial charge in [0.15, 0.2) is 11.5 Å². The highest BCUT2D eigenvalue weighted by Crippen LogP contribution is 2.39. The van der Waals surface area contributed by atoms with E-state index in [1.165, 1.54) is 0 Å². The average Bonchev–Trinajstić information content (AvgIpc) is 3.39. The molecule has 0 fully saturated rings. The van der Waals surface area contributed by atoms with E-state index in [2.05, 4.69) is 0 Å². The molecule has 1 aliphatic rings. The summed E-state index contributed by atoms with van der Waals surface area (Å²) >= 11 is 0. The Bertz CT molecular complexity index is 1230. The molecule has 1 aliphatic heterocycles. The lowest BCUT2D eigenvalue weighted by Crippen LogP contribution is -2.18. The first-order valence-electron chi connectivity index (χ1n) is 12.1. The summed E-state index contributed by atoms with van der Waals surface area (Å²) in [6.45, 7) is 0.967. The van der Waals surface area contributed by atoms with E-state index in [0.717, 1.165) is 28.0 Å². The fourth-order valence-electron chi connectivity index (χ4n) is 4.30. The summed E-state index contributed by atoms with van der Waals surface area (Å²) in [5.41, 5.74) is 3.92. The van der Waals surface area contributed by atoms with Gasteiger partial charge < -0.3 is 18.9 Å². The van der Waals surface area contributed by atoms with Gasteiger partial charge in [-0.2, -0.15) is 0 Å². The van der Waals surface area contributed by atoms with E-state index in [1.807, 2.05) is 103 Å². The molecule has 0 spiro atoms. The number of carbonyl (C=O) groups excluding carboxylic acids is 1. The second-order valence-electron chi connectivity index (χ2n) is 8.61. The van der Waals surface area contributed by atoms with Crippen LogP contribution in [0.4, 0.5) is 0 Å². The highest BCUT2D eigenvalue weighted by molar-refractivity contribution is 5.82. The second-order valence-corrected chi connectivity index (χ2v) is 8.61. The van der Waals surface area contributed by atoms with Gasteiger partial charge in [-0.15, -0.1) is 0 Å². The molecule has 0 saturated heterocycles. The van der Waals surface area contributed by atoms with Crippen LogP contribution in [-0.2, 0) is 22.6 Å². The van der Waals surface area contributed by atoms with Crippen molar-refractivity contribution in [2.75, 3.05) is 13.4 Å². The molecule has 0 aromatic heterocycles. The molecule has 5 rings (SSSR count). The van der Waals surface area contributed by atoms with E-state index in [0.29, 0.717) is 37.6 Å². The minimum absolute atomic E-state index is 0.203. The number of hydrogen-bond acceptors (Lipinski definition) is 5. The van der Waals surface area contributed by atoms with E-state index in [9.17, 15) is 4.79 Å². The first-order chi connectivity index (χ1) is 17.8. The number of carbonyl (C=O) groups is 1. The topological polar surface area (TPSA) is 54.0 Å². The van der Waals surface area contributed by atoms with E-state index >= 15 is 0 Å². The van der Waals surface area contributed by atoms with Crippen molar-refractivity contribution >= 4 is 5.97 Å². The average molecular weight is 481 g/mol. The predicted molar refractivity (Wildman–Crippen MR) is 137 cm³/mol. The molecule has 0 bridgehead atoms. The summed E-state index contributed by atoms with van der Waals surface area (Å²) in [4.78, 5) is 13.2. The number of benzene rings is 4. The summed E-state index contributed by atoms with van der Waals surface area (Å²) in [5, 5.41) is 0. The maximum absolute atomic E-state index is 13.2. The van der Waals surface area contributed by atoms with E-state index in [-0.39, 0.29) is 12.8 Å². The quantitative estimate of drug-likeness (QED) is 0.197.